The highest BCUT2D eigenvalue weighted by molar-refractivity contribution is 6.04. The van der Waals surface area contributed by atoms with Crippen molar-refractivity contribution in [2.24, 2.45) is 13.0 Å². The lowest BCUT2D eigenvalue weighted by atomic mass is 9.84. The first-order valence-electron chi connectivity index (χ1n) is 12.0. The van der Waals surface area contributed by atoms with Crippen LogP contribution in [0.15, 0.2) is 18.5 Å². The highest BCUT2D eigenvalue weighted by Crippen LogP contribution is 2.44. The minimum absolute atomic E-state index is 0.0404. The number of nitrogens with two attached hydrogens (primary N) is 1. The number of fused-ring (bicyclic) bond motifs is 1. The van der Waals surface area contributed by atoms with Crippen molar-refractivity contribution in [2.75, 3.05) is 12.3 Å². The summed E-state index contributed by atoms with van der Waals surface area (Å²) in [6.07, 6.45) is 13.2. The molecule has 1 aliphatic carbocycles. The van der Waals surface area contributed by atoms with E-state index in [1.807, 2.05) is 23.4 Å². The van der Waals surface area contributed by atoms with Gasteiger partial charge in [0.1, 0.15) is 23.5 Å². The van der Waals surface area contributed by atoms with Gasteiger partial charge in [0.05, 0.1) is 16.6 Å². The third kappa shape index (κ3) is 3.75. The molecule has 1 fully saturated rings. The Kier molecular flexibility index (Phi) is 5.79. The summed E-state index contributed by atoms with van der Waals surface area (Å²) in [6.45, 7) is 4.78. The molecule has 1 aliphatic heterocycles. The summed E-state index contributed by atoms with van der Waals surface area (Å²) in [4.78, 5) is 27.8. The van der Waals surface area contributed by atoms with Gasteiger partial charge in [-0.05, 0) is 63.2 Å². The van der Waals surface area contributed by atoms with E-state index in [2.05, 4.69) is 33.9 Å². The van der Waals surface area contributed by atoms with E-state index in [4.69, 9.17) is 12.2 Å². The van der Waals surface area contributed by atoms with Crippen LogP contribution in [0.2, 0.25) is 0 Å². The molecule has 8 heteroatoms. The quantitative estimate of drug-likeness (QED) is 0.455. The Morgan fingerprint density at radius 3 is 2.71 bits per heavy atom. The molecule has 7 nitrogen and oxygen atoms in total. The number of aryl methyl sites for hydroxylation is 2. The summed E-state index contributed by atoms with van der Waals surface area (Å²) in [5, 5.41) is 0.689. The van der Waals surface area contributed by atoms with Gasteiger partial charge in [-0.1, -0.05) is 12.0 Å². The van der Waals surface area contributed by atoms with Gasteiger partial charge in [0.2, 0.25) is 11.9 Å². The molecule has 0 bridgehead atoms. The van der Waals surface area contributed by atoms with E-state index in [1.54, 1.807) is 6.07 Å². The Labute approximate surface area is 204 Å². The molecule has 0 aromatic carbocycles. The monoisotopic (exact) mass is 472 g/mol. The number of rotatable bonds is 3. The lowest BCUT2D eigenvalue weighted by Crippen LogP contribution is -2.38. The number of terminal acetylenes is 1. The van der Waals surface area contributed by atoms with E-state index in [-0.39, 0.29) is 17.5 Å². The topological polar surface area (TPSA) is 89.9 Å². The fraction of sp³-hybridized carbons (Fsp3) is 0.407. The van der Waals surface area contributed by atoms with Crippen molar-refractivity contribution in [3.05, 3.63) is 41.2 Å². The van der Waals surface area contributed by atoms with Crippen LogP contribution in [0.25, 0.3) is 27.9 Å². The zero-order chi connectivity index (χ0) is 24.9. The van der Waals surface area contributed by atoms with Crippen molar-refractivity contribution >= 4 is 28.3 Å². The number of nitrogens with zero attached hydrogens (tertiary/aromatic N) is 5. The fourth-order valence-corrected chi connectivity index (χ4v) is 5.65. The van der Waals surface area contributed by atoms with Gasteiger partial charge in [0, 0.05) is 31.1 Å². The van der Waals surface area contributed by atoms with Gasteiger partial charge in [-0.25, -0.2) is 15.0 Å². The van der Waals surface area contributed by atoms with Crippen LogP contribution in [0, 0.1) is 31.1 Å². The Morgan fingerprint density at radius 1 is 1.29 bits per heavy atom. The third-order valence-electron chi connectivity index (χ3n) is 7.47. The first-order valence-corrected chi connectivity index (χ1v) is 12.0. The predicted octanol–water partition coefficient (Wildman–Crippen LogP) is 4.24. The lowest BCUT2D eigenvalue weighted by molar-refractivity contribution is -0.136. The van der Waals surface area contributed by atoms with Crippen LogP contribution in [0.1, 0.15) is 55.8 Å². The minimum atomic E-state index is -0.635. The molecule has 2 atom stereocenters. The first kappa shape index (κ1) is 23.0. The van der Waals surface area contributed by atoms with Crippen LogP contribution >= 0.6 is 0 Å². The van der Waals surface area contributed by atoms with Crippen LogP contribution in [-0.4, -0.2) is 42.9 Å². The molecular weight excluding hydrogens is 443 g/mol. The zero-order valence-electron chi connectivity index (χ0n) is 20.3. The number of anilines is 1. The second-order valence-electron chi connectivity index (χ2n) is 9.60. The molecule has 4 heterocycles. The van der Waals surface area contributed by atoms with Gasteiger partial charge in [-0.2, -0.15) is 4.39 Å². The smallest absolute Gasteiger partial charge is 0.226 e. The SMILES string of the molecule is C#Cc1cc(C)c(-c2c(C3=CC[C@@H](C(=O)N4CCC[C@H]4C)CC3)c3c(N)ncnc3n2C)c(F)n1. The average molecular weight is 473 g/mol. The Morgan fingerprint density at radius 2 is 2.09 bits per heavy atom. The summed E-state index contributed by atoms with van der Waals surface area (Å²) >= 11 is 0. The van der Waals surface area contributed by atoms with Crippen molar-refractivity contribution in [2.45, 2.75) is 52.0 Å². The molecule has 3 aromatic rings. The molecular formula is C27H29FN6O. The number of aromatic nitrogens is 4. The zero-order valence-corrected chi connectivity index (χ0v) is 20.3. The van der Waals surface area contributed by atoms with E-state index in [9.17, 15) is 4.79 Å². The maximum absolute atomic E-state index is 15.4. The highest BCUT2D eigenvalue weighted by atomic mass is 19.1. The van der Waals surface area contributed by atoms with Gasteiger partial charge in [0.15, 0.2) is 0 Å². The first-order chi connectivity index (χ1) is 16.8. The van der Waals surface area contributed by atoms with Crippen molar-refractivity contribution in [1.29, 1.82) is 0 Å². The molecule has 1 amide bonds. The number of hydrogen-bond acceptors (Lipinski definition) is 5. The fourth-order valence-electron chi connectivity index (χ4n) is 5.65. The molecule has 5 rings (SSSR count). The molecule has 0 radical (unpaired) electrons. The van der Waals surface area contributed by atoms with Crippen LogP contribution in [0.4, 0.5) is 10.2 Å². The second-order valence-corrected chi connectivity index (χ2v) is 9.60. The van der Waals surface area contributed by atoms with Gasteiger partial charge in [-0.15, -0.1) is 6.42 Å². The second kappa shape index (κ2) is 8.81. The van der Waals surface area contributed by atoms with E-state index in [1.165, 1.54) is 6.33 Å². The standard InChI is InChI=1S/C27H29FN6O/c1-5-19-13-15(2)20(24(28)32-19)23-21(22-25(29)30-14-31-26(22)33(23)4)17-8-10-18(11-9-17)27(35)34-12-6-7-16(34)3/h1,8,13-14,16,18H,6-7,9-12H2,2-4H3,(H2,29,30,31)/t16-,18-/m1/s1. The summed E-state index contributed by atoms with van der Waals surface area (Å²) in [7, 11) is 1.84. The number of pyridine rings is 1. The van der Waals surface area contributed by atoms with Gasteiger partial charge in [0.25, 0.3) is 0 Å². The van der Waals surface area contributed by atoms with Gasteiger partial charge in [-0.3, -0.25) is 4.79 Å². The number of likely N-dealkylation sites (tertiary alicyclic amines) is 1. The summed E-state index contributed by atoms with van der Waals surface area (Å²) in [6, 6.07) is 2.01. The Balaban J connectivity index is 1.63. The number of carbonyl (C=O) groups is 1. The normalized spacial score (nSPS) is 20.2. The molecule has 0 saturated carbocycles. The van der Waals surface area contributed by atoms with Gasteiger partial charge >= 0.3 is 0 Å². The molecule has 2 N–H and O–H groups in total. The molecule has 2 aliphatic rings. The minimum Gasteiger partial charge on any atom is -0.383 e. The molecule has 0 unspecified atom stereocenters. The van der Waals surface area contributed by atoms with Crippen LogP contribution < -0.4 is 5.73 Å². The van der Waals surface area contributed by atoms with Crippen LogP contribution in [0.5, 0.6) is 0 Å². The Bertz CT molecular complexity index is 1390. The van der Waals surface area contributed by atoms with Crippen molar-refractivity contribution in [1.82, 2.24) is 24.4 Å². The molecule has 1 saturated heterocycles. The Hall–Kier alpha value is -3.73. The van der Waals surface area contributed by atoms with Gasteiger partial charge < -0.3 is 15.2 Å². The number of nitrogen functional groups attached to an aromatic ring is 1. The maximum atomic E-state index is 15.4. The van der Waals surface area contributed by atoms with E-state index >= 15 is 4.39 Å². The molecule has 3 aromatic heterocycles. The van der Waals surface area contributed by atoms with Crippen molar-refractivity contribution < 1.29 is 9.18 Å². The number of halogens is 1. The van der Waals surface area contributed by atoms with Crippen molar-refractivity contribution in [3.8, 4) is 23.6 Å². The maximum Gasteiger partial charge on any atom is 0.226 e. The molecule has 180 valence electrons. The number of carbonyl (C=O) groups excluding carboxylic acids is 1. The lowest BCUT2D eigenvalue weighted by Gasteiger charge is -2.29. The van der Waals surface area contributed by atoms with Crippen LogP contribution in [-0.2, 0) is 11.8 Å². The summed E-state index contributed by atoms with van der Waals surface area (Å²) in [5.41, 5.74) is 10.7. The highest BCUT2D eigenvalue weighted by Gasteiger charge is 2.33. The summed E-state index contributed by atoms with van der Waals surface area (Å²) < 4.78 is 17.2. The van der Waals surface area contributed by atoms with E-state index in [0.717, 1.165) is 36.9 Å². The number of hydrogen-bond donors (Lipinski definition) is 1. The molecule has 0 spiro atoms. The van der Waals surface area contributed by atoms with E-state index in [0.29, 0.717) is 52.6 Å². The van der Waals surface area contributed by atoms with Crippen molar-refractivity contribution in [3.63, 3.8) is 0 Å². The number of allylic oxidation sites excluding steroid dienone is 2. The molecule has 35 heavy (non-hydrogen) atoms. The van der Waals surface area contributed by atoms with Crippen LogP contribution in [0.3, 0.4) is 0 Å². The summed E-state index contributed by atoms with van der Waals surface area (Å²) in [5.74, 6) is 2.31. The number of amides is 1. The largest absolute Gasteiger partial charge is 0.383 e. The predicted molar refractivity (Wildman–Crippen MR) is 135 cm³/mol. The van der Waals surface area contributed by atoms with E-state index < -0.39 is 5.95 Å². The average Bonchev–Trinajstić information content (AvgIpc) is 3.40. The third-order valence-corrected chi connectivity index (χ3v) is 7.47.